The summed E-state index contributed by atoms with van der Waals surface area (Å²) in [5.41, 5.74) is 0.493. The number of carbonyl (C=O) groups excluding carboxylic acids is 1. The highest BCUT2D eigenvalue weighted by molar-refractivity contribution is 9.10. The molecule has 0 saturated carbocycles. The molecule has 1 amide bonds. The number of anilines is 1. The fourth-order valence-electron chi connectivity index (χ4n) is 0.893. The fraction of sp³-hybridized carbons (Fsp3) is 0.300. The first kappa shape index (κ1) is 14.3. The summed E-state index contributed by atoms with van der Waals surface area (Å²) in [6.07, 6.45) is 0. The van der Waals surface area contributed by atoms with Crippen LogP contribution in [-0.4, -0.2) is 10.2 Å². The van der Waals surface area contributed by atoms with Crippen molar-refractivity contribution in [2.75, 3.05) is 5.32 Å². The summed E-state index contributed by atoms with van der Waals surface area (Å²) in [5, 5.41) is 3.40. The highest BCUT2D eigenvalue weighted by Gasteiger charge is 2.24. The molecule has 6 heteroatoms. The molecule has 0 aliphatic rings. The van der Waals surface area contributed by atoms with E-state index < -0.39 is 4.32 Å². The Morgan fingerprint density at radius 2 is 1.88 bits per heavy atom. The minimum absolute atomic E-state index is 0.187. The molecule has 1 rings (SSSR count). The maximum atomic E-state index is 11.7. The molecule has 88 valence electrons. The van der Waals surface area contributed by atoms with Crippen molar-refractivity contribution in [3.8, 4) is 0 Å². The van der Waals surface area contributed by atoms with E-state index in [9.17, 15) is 4.79 Å². The van der Waals surface area contributed by atoms with E-state index in [1.165, 1.54) is 0 Å². The van der Waals surface area contributed by atoms with Gasteiger partial charge in [0.2, 0.25) is 5.91 Å². The smallest absolute Gasteiger partial charge is 0.240 e. The molecule has 0 unspecified atom stereocenters. The summed E-state index contributed by atoms with van der Waals surface area (Å²) in [7, 11) is 0. The molecule has 0 spiro atoms. The molecule has 0 aliphatic heterocycles. The molecule has 0 heterocycles. The van der Waals surface area contributed by atoms with Gasteiger partial charge in [0.25, 0.3) is 0 Å². The van der Waals surface area contributed by atoms with Gasteiger partial charge in [-0.05, 0) is 41.9 Å². The Labute approximate surface area is 121 Å². The standard InChI is InChI=1S/C10H9Br2Cl2NO/c1-10(2,12)9(16)15-6-4-3-5(11)7(13)8(6)14/h3-4H,1-2H3,(H,15,16). The van der Waals surface area contributed by atoms with Crippen molar-refractivity contribution in [1.82, 2.24) is 0 Å². The Bertz CT molecular complexity index is 430. The number of hydrogen-bond donors (Lipinski definition) is 1. The number of hydrogen-bond acceptors (Lipinski definition) is 1. The van der Waals surface area contributed by atoms with E-state index in [1.54, 1.807) is 26.0 Å². The normalized spacial score (nSPS) is 11.4. The highest BCUT2D eigenvalue weighted by Crippen LogP contribution is 2.36. The minimum atomic E-state index is -0.657. The van der Waals surface area contributed by atoms with E-state index in [2.05, 4.69) is 37.2 Å². The number of halogens is 4. The first-order chi connectivity index (χ1) is 7.23. The van der Waals surface area contributed by atoms with Crippen LogP contribution in [0.4, 0.5) is 5.69 Å². The van der Waals surface area contributed by atoms with Crippen LogP contribution >= 0.6 is 55.1 Å². The molecular formula is C10H9Br2Cl2NO. The SMILES string of the molecule is CC(C)(Br)C(=O)Nc1ccc(Br)c(Cl)c1Cl. The second kappa shape index (κ2) is 5.25. The summed E-state index contributed by atoms with van der Waals surface area (Å²) in [6.45, 7) is 3.49. The summed E-state index contributed by atoms with van der Waals surface area (Å²) < 4.78 is 0.0332. The third-order valence-corrected chi connectivity index (χ3v) is 3.95. The second-order valence-electron chi connectivity index (χ2n) is 3.65. The zero-order valence-corrected chi connectivity index (χ0v) is 13.3. The van der Waals surface area contributed by atoms with E-state index >= 15 is 0 Å². The van der Waals surface area contributed by atoms with Crippen LogP contribution in [-0.2, 0) is 4.79 Å². The molecule has 0 atom stereocenters. The molecule has 0 aliphatic carbocycles. The van der Waals surface area contributed by atoms with Crippen molar-refractivity contribution in [2.24, 2.45) is 0 Å². The van der Waals surface area contributed by atoms with Crippen LogP contribution in [0.3, 0.4) is 0 Å². The number of amides is 1. The van der Waals surface area contributed by atoms with Gasteiger partial charge in [-0.2, -0.15) is 0 Å². The lowest BCUT2D eigenvalue weighted by molar-refractivity contribution is -0.117. The Hall–Kier alpha value is 0.230. The molecule has 1 N–H and O–H groups in total. The first-order valence-electron chi connectivity index (χ1n) is 4.37. The van der Waals surface area contributed by atoms with E-state index in [0.29, 0.717) is 20.2 Å². The molecule has 1 aromatic carbocycles. The zero-order valence-electron chi connectivity index (χ0n) is 8.57. The second-order valence-corrected chi connectivity index (χ2v) is 7.24. The Morgan fingerprint density at radius 1 is 1.31 bits per heavy atom. The third-order valence-electron chi connectivity index (χ3n) is 1.82. The highest BCUT2D eigenvalue weighted by atomic mass is 79.9. The average Bonchev–Trinajstić information content (AvgIpc) is 2.17. The van der Waals surface area contributed by atoms with Crippen LogP contribution in [0, 0.1) is 0 Å². The van der Waals surface area contributed by atoms with Crippen LogP contribution in [0.2, 0.25) is 10.0 Å². The van der Waals surface area contributed by atoms with Gasteiger partial charge in [-0.25, -0.2) is 0 Å². The molecule has 0 fully saturated rings. The molecule has 0 radical (unpaired) electrons. The van der Waals surface area contributed by atoms with Gasteiger partial charge in [-0.3, -0.25) is 4.79 Å². The van der Waals surface area contributed by atoms with Crippen molar-refractivity contribution in [3.63, 3.8) is 0 Å². The lowest BCUT2D eigenvalue weighted by atomic mass is 10.2. The number of benzene rings is 1. The minimum Gasteiger partial charge on any atom is -0.324 e. The maximum absolute atomic E-state index is 11.7. The van der Waals surface area contributed by atoms with E-state index in [1.807, 2.05) is 0 Å². The van der Waals surface area contributed by atoms with E-state index in [0.717, 1.165) is 0 Å². The summed E-state index contributed by atoms with van der Waals surface area (Å²) in [4.78, 5) is 11.7. The first-order valence-corrected chi connectivity index (χ1v) is 6.71. The van der Waals surface area contributed by atoms with Gasteiger partial charge in [0.15, 0.2) is 0 Å². The Kier molecular flexibility index (Phi) is 4.69. The van der Waals surface area contributed by atoms with Gasteiger partial charge >= 0.3 is 0 Å². The molecule has 1 aromatic rings. The van der Waals surface area contributed by atoms with Gasteiger partial charge in [0, 0.05) is 4.47 Å². The van der Waals surface area contributed by atoms with Crippen molar-refractivity contribution in [2.45, 2.75) is 18.2 Å². The van der Waals surface area contributed by atoms with Crippen LogP contribution in [0.1, 0.15) is 13.8 Å². The molecular weight excluding hydrogens is 381 g/mol. The zero-order chi connectivity index (χ0) is 12.5. The predicted octanol–water partition coefficient (Wildman–Crippen LogP) is 4.87. The topological polar surface area (TPSA) is 29.1 Å². The molecule has 16 heavy (non-hydrogen) atoms. The molecule has 0 bridgehead atoms. The lowest BCUT2D eigenvalue weighted by Gasteiger charge is -2.17. The molecule has 0 aromatic heterocycles. The Balaban J connectivity index is 3.00. The largest absolute Gasteiger partial charge is 0.324 e. The predicted molar refractivity (Wildman–Crippen MR) is 75.8 cm³/mol. The third kappa shape index (κ3) is 3.36. The van der Waals surface area contributed by atoms with Crippen LogP contribution in [0.15, 0.2) is 16.6 Å². The fourth-order valence-corrected chi connectivity index (χ4v) is 1.81. The van der Waals surface area contributed by atoms with Crippen LogP contribution in [0.25, 0.3) is 0 Å². The summed E-state index contributed by atoms with van der Waals surface area (Å²) in [5.74, 6) is -0.187. The summed E-state index contributed by atoms with van der Waals surface area (Å²) in [6, 6.07) is 3.42. The number of rotatable bonds is 2. The van der Waals surface area contributed by atoms with Crippen molar-refractivity contribution in [1.29, 1.82) is 0 Å². The lowest BCUT2D eigenvalue weighted by Crippen LogP contribution is -2.31. The van der Waals surface area contributed by atoms with Gasteiger partial charge < -0.3 is 5.32 Å². The van der Waals surface area contributed by atoms with Gasteiger partial charge in [-0.15, -0.1) is 0 Å². The number of nitrogens with one attached hydrogen (secondary N) is 1. The Morgan fingerprint density at radius 3 is 2.38 bits per heavy atom. The van der Waals surface area contributed by atoms with E-state index in [-0.39, 0.29) is 5.91 Å². The average molecular weight is 390 g/mol. The molecule has 0 saturated heterocycles. The van der Waals surface area contributed by atoms with Gasteiger partial charge in [0.05, 0.1) is 20.1 Å². The number of carbonyl (C=O) groups is 1. The van der Waals surface area contributed by atoms with Crippen molar-refractivity contribution < 1.29 is 4.79 Å². The van der Waals surface area contributed by atoms with Crippen LogP contribution in [0.5, 0.6) is 0 Å². The quantitative estimate of drug-likeness (QED) is 0.567. The maximum Gasteiger partial charge on any atom is 0.240 e. The van der Waals surface area contributed by atoms with Gasteiger partial charge in [0.1, 0.15) is 0 Å². The number of alkyl halides is 1. The van der Waals surface area contributed by atoms with Crippen molar-refractivity contribution in [3.05, 3.63) is 26.7 Å². The van der Waals surface area contributed by atoms with E-state index in [4.69, 9.17) is 23.2 Å². The van der Waals surface area contributed by atoms with Crippen LogP contribution < -0.4 is 5.32 Å². The summed E-state index contributed by atoms with van der Waals surface area (Å²) >= 11 is 18.4. The van der Waals surface area contributed by atoms with Crippen molar-refractivity contribution >= 4 is 66.7 Å². The molecule has 2 nitrogen and oxygen atoms in total. The van der Waals surface area contributed by atoms with Gasteiger partial charge in [-0.1, -0.05) is 39.1 Å². The monoisotopic (exact) mass is 387 g/mol.